The van der Waals surface area contributed by atoms with E-state index in [2.05, 4.69) is 21.3 Å². The fourth-order valence-corrected chi connectivity index (χ4v) is 4.37. The molecule has 0 aromatic heterocycles. The Kier molecular flexibility index (Phi) is 16.5. The number of ether oxygens (including phenoxy) is 2. The van der Waals surface area contributed by atoms with Gasteiger partial charge in [-0.3, -0.25) is 24.0 Å². The summed E-state index contributed by atoms with van der Waals surface area (Å²) in [7, 11) is 0. The van der Waals surface area contributed by atoms with Gasteiger partial charge in [0.2, 0.25) is 29.5 Å². The first-order valence-corrected chi connectivity index (χ1v) is 14.3. The lowest BCUT2D eigenvalue weighted by molar-refractivity contribution is -0.266. The monoisotopic (exact) mass is 664 g/mol. The topological polar surface area (TPSA) is 339 Å². The van der Waals surface area contributed by atoms with Gasteiger partial charge in [-0.05, 0) is 39.5 Å². The SMILES string of the molecule is CC(=O)N[C@@H]1[C@@H](O[C@H](C)C(=O)N[C@@H](C)C(=O)N[C@@H](CCC(=O)N[C@H](CCC[C@@H](N)C(N)=O)C(=O)O)C(=O)O)[C@H](O)[C@@H](CO)O[C@H]1O. The molecule has 1 saturated heterocycles. The number of carboxylic acids is 2. The van der Waals surface area contributed by atoms with Gasteiger partial charge in [0.15, 0.2) is 6.29 Å². The third-order valence-electron chi connectivity index (χ3n) is 7.01. The van der Waals surface area contributed by atoms with Crippen LogP contribution in [0.5, 0.6) is 0 Å². The van der Waals surface area contributed by atoms with Gasteiger partial charge in [0.1, 0.15) is 48.6 Å². The summed E-state index contributed by atoms with van der Waals surface area (Å²) in [6, 6.07) is -6.59. The minimum atomic E-state index is -1.70. The molecule has 0 unspecified atom stereocenters. The second kappa shape index (κ2) is 18.9. The third-order valence-corrected chi connectivity index (χ3v) is 7.01. The Morgan fingerprint density at radius 2 is 1.48 bits per heavy atom. The normalized spacial score (nSPS) is 24.3. The van der Waals surface area contributed by atoms with Gasteiger partial charge in [0.05, 0.1) is 12.6 Å². The molecule has 5 amide bonds. The van der Waals surface area contributed by atoms with E-state index in [9.17, 15) is 59.1 Å². The van der Waals surface area contributed by atoms with Crippen molar-refractivity contribution in [3.8, 4) is 0 Å². The molecule has 0 aliphatic carbocycles. The quantitative estimate of drug-likeness (QED) is 0.0614. The molecule has 10 atom stereocenters. The summed E-state index contributed by atoms with van der Waals surface area (Å²) in [5.74, 6) is -6.94. The first-order valence-electron chi connectivity index (χ1n) is 14.3. The molecule has 0 bridgehead atoms. The second-order valence-corrected chi connectivity index (χ2v) is 10.8. The average molecular weight is 665 g/mol. The molecule has 0 saturated carbocycles. The molecular formula is C26H44N6O14. The van der Waals surface area contributed by atoms with Gasteiger partial charge in [-0.1, -0.05) is 0 Å². The van der Waals surface area contributed by atoms with Crippen molar-refractivity contribution in [1.82, 2.24) is 21.3 Å². The molecule has 46 heavy (non-hydrogen) atoms. The maximum Gasteiger partial charge on any atom is 0.326 e. The van der Waals surface area contributed by atoms with E-state index in [-0.39, 0.29) is 19.3 Å². The smallest absolute Gasteiger partial charge is 0.326 e. The van der Waals surface area contributed by atoms with E-state index in [1.807, 2.05) is 0 Å². The maximum atomic E-state index is 12.8. The van der Waals surface area contributed by atoms with Gasteiger partial charge in [-0.15, -0.1) is 0 Å². The van der Waals surface area contributed by atoms with Crippen molar-refractivity contribution in [2.75, 3.05) is 6.61 Å². The molecule has 20 nitrogen and oxygen atoms in total. The molecule has 20 heteroatoms. The summed E-state index contributed by atoms with van der Waals surface area (Å²) in [5.41, 5.74) is 10.5. The minimum Gasteiger partial charge on any atom is -0.480 e. The van der Waals surface area contributed by atoms with E-state index in [0.717, 1.165) is 6.92 Å². The summed E-state index contributed by atoms with van der Waals surface area (Å²) in [4.78, 5) is 83.6. The van der Waals surface area contributed by atoms with Crippen molar-refractivity contribution in [2.45, 2.75) is 114 Å². The van der Waals surface area contributed by atoms with E-state index in [0.29, 0.717) is 0 Å². The number of primary amides is 1. The summed E-state index contributed by atoms with van der Waals surface area (Å²) < 4.78 is 10.6. The van der Waals surface area contributed by atoms with Gasteiger partial charge in [-0.2, -0.15) is 0 Å². The lowest BCUT2D eigenvalue weighted by Gasteiger charge is -2.43. The van der Waals surface area contributed by atoms with Crippen LogP contribution in [0.15, 0.2) is 0 Å². The Morgan fingerprint density at radius 3 is 2.00 bits per heavy atom. The zero-order valence-electron chi connectivity index (χ0n) is 25.6. The number of rotatable bonds is 19. The Balaban J connectivity index is 2.73. The minimum absolute atomic E-state index is 0.0789. The molecule has 1 fully saturated rings. The highest BCUT2D eigenvalue weighted by molar-refractivity contribution is 5.91. The molecule has 0 aromatic carbocycles. The molecule has 0 radical (unpaired) electrons. The summed E-state index contributed by atoms with van der Waals surface area (Å²) in [6.07, 6.45) is -8.18. The number of carbonyl (C=O) groups excluding carboxylic acids is 5. The van der Waals surface area contributed by atoms with Gasteiger partial charge in [0.25, 0.3) is 0 Å². The highest BCUT2D eigenvalue weighted by Crippen LogP contribution is 2.23. The average Bonchev–Trinajstić information content (AvgIpc) is 2.96. The zero-order chi connectivity index (χ0) is 35.3. The van der Waals surface area contributed by atoms with E-state index < -0.39 is 122 Å². The second-order valence-electron chi connectivity index (χ2n) is 10.8. The van der Waals surface area contributed by atoms with Crippen molar-refractivity contribution in [3.63, 3.8) is 0 Å². The largest absolute Gasteiger partial charge is 0.480 e. The van der Waals surface area contributed by atoms with Crippen molar-refractivity contribution in [2.24, 2.45) is 11.5 Å². The Hall–Kier alpha value is -3.95. The fourth-order valence-electron chi connectivity index (χ4n) is 4.37. The van der Waals surface area contributed by atoms with E-state index in [4.69, 9.17) is 20.9 Å². The number of amides is 5. The van der Waals surface area contributed by atoms with Crippen LogP contribution in [-0.2, 0) is 43.0 Å². The molecule has 0 spiro atoms. The number of aliphatic hydroxyl groups excluding tert-OH is 3. The van der Waals surface area contributed by atoms with Gasteiger partial charge < -0.3 is 67.7 Å². The number of carboxylic acid groups (broad SMARTS) is 2. The van der Waals surface area contributed by atoms with Crippen molar-refractivity contribution in [1.29, 1.82) is 0 Å². The Labute approximate surface area is 263 Å². The molecule has 262 valence electrons. The molecule has 1 rings (SSSR count). The number of hydrogen-bond donors (Lipinski definition) is 11. The van der Waals surface area contributed by atoms with Crippen LogP contribution in [0.2, 0.25) is 0 Å². The predicted molar refractivity (Wildman–Crippen MR) is 153 cm³/mol. The lowest BCUT2D eigenvalue weighted by atomic mass is 9.96. The zero-order valence-corrected chi connectivity index (χ0v) is 25.6. The highest BCUT2D eigenvalue weighted by atomic mass is 16.6. The third kappa shape index (κ3) is 12.8. The number of aliphatic carboxylic acids is 2. The van der Waals surface area contributed by atoms with Gasteiger partial charge in [-0.25, -0.2) is 9.59 Å². The fraction of sp³-hybridized carbons (Fsp3) is 0.731. The van der Waals surface area contributed by atoms with Crippen LogP contribution in [-0.4, -0.2) is 135 Å². The van der Waals surface area contributed by atoms with Crippen molar-refractivity contribution >= 4 is 41.5 Å². The molecule has 1 aliphatic heterocycles. The molecule has 1 heterocycles. The first-order chi connectivity index (χ1) is 21.4. The van der Waals surface area contributed by atoms with Crippen LogP contribution < -0.4 is 32.7 Å². The van der Waals surface area contributed by atoms with Gasteiger partial charge >= 0.3 is 11.9 Å². The summed E-state index contributed by atoms with van der Waals surface area (Å²) in [5, 5.41) is 58.1. The standard InChI is InChI=1S/C26H44N6O14/c1-10(29-23(39)11(2)45-20-18(30-12(3)34)26(44)46-16(9-33)19(20)36)22(38)32-15(25(42)43)7-8-17(35)31-14(24(40)41)6-4-5-13(27)21(28)37/h10-11,13-16,18-20,26,33,36,44H,4-9,27H2,1-3H3,(H2,28,37)(H,29,39)(H,30,34)(H,31,35)(H,32,38)(H,40,41)(H,42,43)/t10-,11+,13+,14+,15-,16+,18+,19+,20+,26+/m0/s1. The van der Waals surface area contributed by atoms with Crippen molar-refractivity contribution < 1.29 is 68.6 Å². The van der Waals surface area contributed by atoms with E-state index in [1.165, 1.54) is 13.8 Å². The number of nitrogens with two attached hydrogens (primary N) is 2. The van der Waals surface area contributed by atoms with E-state index >= 15 is 0 Å². The number of aliphatic hydroxyl groups is 3. The summed E-state index contributed by atoms with van der Waals surface area (Å²) in [6.45, 7) is 2.87. The molecular weight excluding hydrogens is 620 g/mol. The first kappa shape index (κ1) is 40.1. The van der Waals surface area contributed by atoms with Crippen LogP contribution in [0.25, 0.3) is 0 Å². The number of carbonyl (C=O) groups is 7. The van der Waals surface area contributed by atoms with Crippen LogP contribution in [0.4, 0.5) is 0 Å². The Morgan fingerprint density at radius 1 is 0.891 bits per heavy atom. The van der Waals surface area contributed by atoms with Crippen molar-refractivity contribution in [3.05, 3.63) is 0 Å². The van der Waals surface area contributed by atoms with E-state index in [1.54, 1.807) is 0 Å². The van der Waals surface area contributed by atoms with Crippen LogP contribution in [0, 0.1) is 0 Å². The van der Waals surface area contributed by atoms with Gasteiger partial charge in [0, 0.05) is 13.3 Å². The van der Waals surface area contributed by atoms with Crippen LogP contribution >= 0.6 is 0 Å². The summed E-state index contributed by atoms with van der Waals surface area (Å²) >= 11 is 0. The molecule has 0 aromatic rings. The lowest BCUT2D eigenvalue weighted by Crippen LogP contribution is -2.65. The Bertz CT molecular complexity index is 1110. The maximum absolute atomic E-state index is 12.8. The molecule has 13 N–H and O–H groups in total. The predicted octanol–water partition coefficient (Wildman–Crippen LogP) is -5.26. The van der Waals surface area contributed by atoms with Crippen LogP contribution in [0.3, 0.4) is 0 Å². The van der Waals surface area contributed by atoms with Crippen LogP contribution in [0.1, 0.15) is 52.9 Å². The molecule has 1 aliphatic rings. The number of hydrogen-bond acceptors (Lipinski definition) is 13. The highest BCUT2D eigenvalue weighted by Gasteiger charge is 2.47. The number of nitrogens with one attached hydrogen (secondary N) is 4.